The number of carbonyl (C=O) groups is 3. The Morgan fingerprint density at radius 1 is 0.367 bits per heavy atom. The summed E-state index contributed by atoms with van der Waals surface area (Å²) in [5.41, 5.74) is 0. The zero-order chi connectivity index (χ0) is 58.2. The minimum absolute atomic E-state index is 0.0884. The van der Waals surface area contributed by atoms with Gasteiger partial charge in [-0.2, -0.15) is 0 Å². The summed E-state index contributed by atoms with van der Waals surface area (Å²) in [5.74, 6) is -1.66. The molecule has 5 unspecified atom stereocenters. The highest BCUT2D eigenvalue weighted by Crippen LogP contribution is 2.45. The van der Waals surface area contributed by atoms with E-state index in [-0.39, 0.29) is 19.3 Å². The third kappa shape index (κ3) is 56.1. The number of allylic oxidation sites excluding steroid dienone is 16. The molecule has 0 aliphatic rings. The molecule has 0 aromatic heterocycles. The summed E-state index contributed by atoms with van der Waals surface area (Å²) in [6.07, 6.45) is 56.4. The largest absolute Gasteiger partial charge is 0.472 e. The van der Waals surface area contributed by atoms with E-state index in [1.807, 2.05) is 12.2 Å². The van der Waals surface area contributed by atoms with E-state index in [4.69, 9.17) is 32.3 Å². The Bertz CT molecular complexity index is 1840. The molecule has 16 nitrogen and oxygen atoms in total. The Morgan fingerprint density at radius 2 is 0.696 bits per heavy atom. The van der Waals surface area contributed by atoms with Gasteiger partial charge in [-0.1, -0.05) is 182 Å². The number of unbranched alkanes of at least 4 members (excludes halogenated alkanes) is 16. The first-order chi connectivity index (χ1) is 38.2. The van der Waals surface area contributed by atoms with Crippen molar-refractivity contribution in [3.05, 3.63) is 97.2 Å². The quantitative estimate of drug-likeness (QED) is 0.0146. The summed E-state index contributed by atoms with van der Waals surface area (Å²) >= 11 is 0. The van der Waals surface area contributed by atoms with Crippen LogP contribution < -0.4 is 0 Å². The smallest absolute Gasteiger partial charge is 0.463 e. The van der Waals surface area contributed by atoms with E-state index in [9.17, 15) is 43.5 Å². The van der Waals surface area contributed by atoms with Crippen LogP contribution in [0.15, 0.2) is 97.2 Å². The molecular weight excluding hydrogens is 1050 g/mol. The van der Waals surface area contributed by atoms with Gasteiger partial charge in [0.05, 0.1) is 26.4 Å². The van der Waals surface area contributed by atoms with Gasteiger partial charge < -0.3 is 34.2 Å². The van der Waals surface area contributed by atoms with Crippen LogP contribution in [0.3, 0.4) is 0 Å². The normalized spacial score (nSPS) is 15.2. The lowest BCUT2D eigenvalue weighted by atomic mass is 10.1. The summed E-state index contributed by atoms with van der Waals surface area (Å²) in [5, 5.41) is 20.4. The first-order valence-electron chi connectivity index (χ1n) is 29.5. The topological polar surface area (TPSA) is 231 Å². The number of esters is 3. The maximum atomic E-state index is 12.8. The van der Waals surface area contributed by atoms with Gasteiger partial charge in [-0.05, 0) is 109 Å². The molecule has 5 atom stereocenters. The first-order valence-corrected chi connectivity index (χ1v) is 32.5. The molecule has 0 saturated heterocycles. The number of phosphoric acid groups is 2. The molecule has 0 aromatic rings. The molecule has 79 heavy (non-hydrogen) atoms. The van der Waals surface area contributed by atoms with Crippen molar-refractivity contribution in [3.8, 4) is 0 Å². The van der Waals surface area contributed by atoms with Gasteiger partial charge in [-0.15, -0.1) is 0 Å². The van der Waals surface area contributed by atoms with Crippen LogP contribution in [-0.2, 0) is 55.8 Å². The first kappa shape index (κ1) is 75.5. The average Bonchev–Trinajstić information content (AvgIpc) is 3.42. The molecule has 0 spiro atoms. The van der Waals surface area contributed by atoms with E-state index < -0.39 is 91.5 Å². The third-order valence-electron chi connectivity index (χ3n) is 11.8. The lowest BCUT2D eigenvalue weighted by molar-refractivity contribution is -0.161. The Hall–Kier alpha value is -3.53. The third-order valence-corrected chi connectivity index (χ3v) is 13.7. The van der Waals surface area contributed by atoms with Gasteiger partial charge in [0.1, 0.15) is 25.4 Å². The highest BCUT2D eigenvalue weighted by molar-refractivity contribution is 7.47. The van der Waals surface area contributed by atoms with Gasteiger partial charge in [-0.25, -0.2) is 9.13 Å². The summed E-state index contributed by atoms with van der Waals surface area (Å²) in [4.78, 5) is 58.0. The molecule has 4 N–H and O–H groups in total. The van der Waals surface area contributed by atoms with Crippen molar-refractivity contribution in [1.29, 1.82) is 0 Å². The van der Waals surface area contributed by atoms with Crippen LogP contribution in [0.2, 0.25) is 0 Å². The van der Waals surface area contributed by atoms with Crippen molar-refractivity contribution in [2.75, 3.05) is 39.6 Å². The molecule has 0 radical (unpaired) electrons. The second-order valence-electron chi connectivity index (χ2n) is 19.4. The van der Waals surface area contributed by atoms with Gasteiger partial charge in [0.15, 0.2) is 6.10 Å². The highest BCUT2D eigenvalue weighted by Gasteiger charge is 2.29. The van der Waals surface area contributed by atoms with Crippen LogP contribution in [0.4, 0.5) is 0 Å². The highest BCUT2D eigenvalue weighted by atomic mass is 31.2. The molecule has 454 valence electrons. The van der Waals surface area contributed by atoms with Gasteiger partial charge in [-0.3, -0.25) is 32.5 Å². The molecule has 0 amide bonds. The number of carbonyl (C=O) groups excluding carboxylic acids is 3. The van der Waals surface area contributed by atoms with E-state index in [0.29, 0.717) is 25.7 Å². The number of hydrogen-bond acceptors (Lipinski definition) is 14. The van der Waals surface area contributed by atoms with Crippen LogP contribution in [0.1, 0.15) is 213 Å². The summed E-state index contributed by atoms with van der Waals surface area (Å²) < 4.78 is 60.5. The zero-order valence-electron chi connectivity index (χ0n) is 48.5. The number of aliphatic hydroxyl groups is 2. The van der Waals surface area contributed by atoms with Crippen molar-refractivity contribution in [2.24, 2.45) is 0 Å². The van der Waals surface area contributed by atoms with Crippen LogP contribution in [0, 0.1) is 0 Å². The Balaban J connectivity index is 4.72. The SMILES string of the molecule is CC/C=C\C/C=C\C/C=C\C/C=C\C/C=C\CCCC(=O)OCC(O)COP(=O)(O)OCC(O)COP(=O)(O)OCC(COC(=O)CCCCCCC/C=C\C/C=C\CCCCC)OC(=O)CCCCCCC/C=C\CCCC. The standard InChI is InChI=1S/C61H104O16P2/c1-4-7-10-13-16-19-22-24-26-27-29-31-33-35-38-41-44-47-59(64)71-50-56(62)51-73-78(67,68)74-52-57(63)53-75-79(69,70)76-55-58(77-61(66)49-46-43-40-37-32-21-18-15-12-9-6-3)54-72-60(65)48-45-42-39-36-34-30-28-25-23-20-17-14-11-8-5-2/h7,10,15-20,24-26,28-29,31,35,38,56-58,62-63H,4-6,8-9,11-14,21-23,27,30,32-34,36-37,39-55H2,1-3H3,(H,67,68)(H,69,70)/b10-7-,18-15-,19-16-,20-17-,26-24-,28-25-,31-29-,38-35-. The van der Waals surface area contributed by atoms with Crippen LogP contribution in [0.25, 0.3) is 0 Å². The minimum Gasteiger partial charge on any atom is -0.463 e. The lowest BCUT2D eigenvalue weighted by Gasteiger charge is -2.21. The molecule has 0 fully saturated rings. The van der Waals surface area contributed by atoms with Crippen LogP contribution >= 0.6 is 15.6 Å². The fourth-order valence-electron chi connectivity index (χ4n) is 7.20. The van der Waals surface area contributed by atoms with Gasteiger partial charge in [0, 0.05) is 19.3 Å². The van der Waals surface area contributed by atoms with Crippen molar-refractivity contribution in [3.63, 3.8) is 0 Å². The fourth-order valence-corrected chi connectivity index (χ4v) is 8.79. The van der Waals surface area contributed by atoms with E-state index >= 15 is 0 Å². The summed E-state index contributed by atoms with van der Waals surface area (Å²) in [6.45, 7) is 2.35. The predicted molar refractivity (Wildman–Crippen MR) is 316 cm³/mol. The van der Waals surface area contributed by atoms with E-state index in [1.54, 1.807) is 0 Å². The summed E-state index contributed by atoms with van der Waals surface area (Å²) in [7, 11) is -9.78. The molecule has 0 aromatic carbocycles. The number of rotatable bonds is 55. The van der Waals surface area contributed by atoms with Crippen molar-refractivity contribution < 1.29 is 75.8 Å². The molecule has 0 rings (SSSR count). The van der Waals surface area contributed by atoms with E-state index in [0.717, 1.165) is 116 Å². The number of hydrogen-bond donors (Lipinski definition) is 4. The van der Waals surface area contributed by atoms with Gasteiger partial charge in [0.2, 0.25) is 0 Å². The van der Waals surface area contributed by atoms with Gasteiger partial charge in [0.25, 0.3) is 0 Å². The van der Waals surface area contributed by atoms with Gasteiger partial charge >= 0.3 is 33.6 Å². The molecule has 18 heteroatoms. The van der Waals surface area contributed by atoms with Crippen LogP contribution in [-0.4, -0.2) is 95.9 Å². The monoisotopic (exact) mass is 1150 g/mol. The van der Waals surface area contributed by atoms with Crippen molar-refractivity contribution >= 4 is 33.6 Å². The summed E-state index contributed by atoms with van der Waals surface area (Å²) in [6, 6.07) is 0. The van der Waals surface area contributed by atoms with Crippen molar-refractivity contribution in [2.45, 2.75) is 232 Å². The minimum atomic E-state index is -4.92. The van der Waals surface area contributed by atoms with E-state index in [2.05, 4.69) is 106 Å². The molecule has 0 aliphatic carbocycles. The van der Waals surface area contributed by atoms with E-state index in [1.165, 1.54) is 32.1 Å². The second-order valence-corrected chi connectivity index (χ2v) is 22.3. The molecule has 0 heterocycles. The molecule has 0 saturated carbocycles. The maximum Gasteiger partial charge on any atom is 0.472 e. The lowest BCUT2D eigenvalue weighted by Crippen LogP contribution is -2.30. The van der Waals surface area contributed by atoms with Crippen molar-refractivity contribution in [1.82, 2.24) is 0 Å². The number of ether oxygens (including phenoxy) is 3. The molecular formula is C61H104O16P2. The second kappa shape index (κ2) is 55.0. The Kier molecular flexibility index (Phi) is 52.6. The predicted octanol–water partition coefficient (Wildman–Crippen LogP) is 15.2. The van der Waals surface area contributed by atoms with Crippen LogP contribution in [0.5, 0.6) is 0 Å². The number of aliphatic hydroxyl groups excluding tert-OH is 2. The number of phosphoric ester groups is 2. The molecule has 0 bridgehead atoms. The zero-order valence-corrected chi connectivity index (χ0v) is 50.3. The fraction of sp³-hybridized carbons (Fsp3) is 0.689. The Morgan fingerprint density at radius 3 is 1.16 bits per heavy atom. The molecule has 0 aliphatic heterocycles. The maximum absolute atomic E-state index is 12.8. The Labute approximate surface area is 476 Å². The average molecular weight is 1160 g/mol.